The molecule has 0 aromatic carbocycles. The molecule has 0 spiro atoms. The second kappa shape index (κ2) is 1.58. The summed E-state index contributed by atoms with van der Waals surface area (Å²) in [7, 11) is 0. The Kier molecular flexibility index (Phi) is 0.922. The van der Waals surface area contributed by atoms with Crippen LogP contribution < -0.4 is 11.1 Å². The monoisotopic (exact) mass is 155 g/mol. The number of rotatable bonds is 1. The van der Waals surface area contributed by atoms with Gasteiger partial charge in [-0.1, -0.05) is 0 Å². The highest BCUT2D eigenvalue weighted by molar-refractivity contribution is 7.14. The summed E-state index contributed by atoms with van der Waals surface area (Å²) < 4.78 is 2.58. The molecule has 10 heavy (non-hydrogen) atoms. The Morgan fingerprint density at radius 3 is 2.10 bits per heavy atom. The summed E-state index contributed by atoms with van der Waals surface area (Å²) in [6, 6.07) is 0. The topological polar surface area (TPSA) is 39.1 Å². The van der Waals surface area contributed by atoms with Gasteiger partial charge in [-0.25, -0.2) is 0 Å². The first-order valence-corrected chi connectivity index (χ1v) is 3.85. The SMILES string of the molecule is CCn1c(=O)c2sc=2c1=O. The van der Waals surface area contributed by atoms with Crippen molar-refractivity contribution >= 4 is 11.3 Å². The molecule has 0 aromatic rings. The van der Waals surface area contributed by atoms with E-state index < -0.39 is 0 Å². The normalized spacial score (nSPS) is 11.7. The summed E-state index contributed by atoms with van der Waals surface area (Å²) in [4.78, 5) is 22.0. The minimum absolute atomic E-state index is 0.104. The molecule has 2 heterocycles. The molecule has 2 aliphatic rings. The van der Waals surface area contributed by atoms with Gasteiger partial charge in [0.2, 0.25) is 0 Å². The van der Waals surface area contributed by atoms with E-state index in [1.54, 1.807) is 6.92 Å². The third kappa shape index (κ3) is 0.495. The zero-order chi connectivity index (χ0) is 7.30. The first-order chi connectivity index (χ1) is 4.75. The standard InChI is InChI=1S/C6H5NO2S/c1-2-7-5(8)3-4(10-3)6(7)9/h2H2,1H3. The van der Waals surface area contributed by atoms with Crippen molar-refractivity contribution in [2.75, 3.05) is 0 Å². The highest BCUT2D eigenvalue weighted by Gasteiger charge is 2.14. The molecular formula is C6H5NO2S. The van der Waals surface area contributed by atoms with E-state index in [9.17, 15) is 9.59 Å². The summed E-state index contributed by atoms with van der Waals surface area (Å²) in [5, 5.41) is 0. The predicted molar refractivity (Wildman–Crippen MR) is 38.2 cm³/mol. The Morgan fingerprint density at radius 2 is 1.80 bits per heavy atom. The van der Waals surface area contributed by atoms with Gasteiger partial charge in [0.25, 0.3) is 11.1 Å². The van der Waals surface area contributed by atoms with E-state index in [1.807, 2.05) is 0 Å². The fourth-order valence-corrected chi connectivity index (χ4v) is 1.71. The summed E-state index contributed by atoms with van der Waals surface area (Å²) in [6.07, 6.45) is 0. The van der Waals surface area contributed by atoms with Crippen LogP contribution in [0.15, 0.2) is 9.59 Å². The molecule has 0 saturated carbocycles. The van der Waals surface area contributed by atoms with Crippen LogP contribution in [0.5, 0.6) is 0 Å². The van der Waals surface area contributed by atoms with Crippen LogP contribution in [0, 0.1) is 9.06 Å². The molecule has 2 aliphatic heterocycles. The van der Waals surface area contributed by atoms with Crippen LogP contribution in [-0.2, 0) is 6.54 Å². The molecule has 0 N–H and O–H groups in total. The zero-order valence-corrected chi connectivity index (χ0v) is 6.20. The van der Waals surface area contributed by atoms with Gasteiger partial charge in [-0.3, -0.25) is 14.2 Å². The van der Waals surface area contributed by atoms with E-state index in [1.165, 1.54) is 15.9 Å². The lowest BCUT2D eigenvalue weighted by molar-refractivity contribution is 0.713. The van der Waals surface area contributed by atoms with Crippen molar-refractivity contribution in [3.05, 3.63) is 29.8 Å². The number of hydrogen-bond donors (Lipinski definition) is 0. The van der Waals surface area contributed by atoms with Gasteiger partial charge in [-0.2, -0.15) is 0 Å². The van der Waals surface area contributed by atoms with Gasteiger partial charge in [0.1, 0.15) is 9.06 Å². The lowest BCUT2D eigenvalue weighted by Gasteiger charge is -1.89. The third-order valence-corrected chi connectivity index (χ3v) is 2.53. The van der Waals surface area contributed by atoms with E-state index in [4.69, 9.17) is 0 Å². The largest absolute Gasteiger partial charge is 0.273 e. The fraction of sp³-hybridized carbons (Fsp3) is 0.333. The Hall–Kier alpha value is -0.900. The van der Waals surface area contributed by atoms with E-state index in [2.05, 4.69) is 0 Å². The van der Waals surface area contributed by atoms with Gasteiger partial charge in [0.05, 0.1) is 0 Å². The molecule has 0 atom stereocenters. The lowest BCUT2D eigenvalue weighted by Crippen LogP contribution is -2.25. The van der Waals surface area contributed by atoms with Gasteiger partial charge in [0.15, 0.2) is 0 Å². The number of hydrogen-bond acceptors (Lipinski definition) is 3. The van der Waals surface area contributed by atoms with Crippen LogP contribution in [-0.4, -0.2) is 4.57 Å². The Morgan fingerprint density at radius 1 is 1.30 bits per heavy atom. The van der Waals surface area contributed by atoms with Gasteiger partial charge >= 0.3 is 0 Å². The molecule has 0 unspecified atom stereocenters. The van der Waals surface area contributed by atoms with Crippen LogP contribution in [0.2, 0.25) is 0 Å². The molecule has 0 radical (unpaired) electrons. The van der Waals surface area contributed by atoms with E-state index in [0.717, 1.165) is 0 Å². The molecular weight excluding hydrogens is 150 g/mol. The maximum atomic E-state index is 11.0. The van der Waals surface area contributed by atoms with Crippen molar-refractivity contribution in [2.24, 2.45) is 0 Å². The van der Waals surface area contributed by atoms with Crippen molar-refractivity contribution < 1.29 is 0 Å². The van der Waals surface area contributed by atoms with E-state index in [-0.39, 0.29) is 11.1 Å². The minimum atomic E-state index is -0.104. The average Bonchev–Trinajstić information content (AvgIpc) is 2.62. The summed E-state index contributed by atoms with van der Waals surface area (Å²) >= 11 is 1.31. The van der Waals surface area contributed by atoms with E-state index >= 15 is 0 Å². The number of nitrogens with zero attached hydrogens (tertiary/aromatic N) is 1. The second-order valence-corrected chi connectivity index (χ2v) is 3.14. The first kappa shape index (κ1) is 5.85. The Bertz CT molecular complexity index is 442. The van der Waals surface area contributed by atoms with Crippen LogP contribution in [0.1, 0.15) is 6.92 Å². The summed E-state index contributed by atoms with van der Waals surface area (Å²) in [5.41, 5.74) is -0.208. The van der Waals surface area contributed by atoms with E-state index in [0.29, 0.717) is 15.6 Å². The minimum Gasteiger partial charge on any atom is -0.273 e. The van der Waals surface area contributed by atoms with Crippen molar-refractivity contribution in [3.63, 3.8) is 0 Å². The maximum Gasteiger partial charge on any atom is 0.272 e. The molecule has 52 valence electrons. The predicted octanol–water partition coefficient (Wildman–Crippen LogP) is -0.110. The van der Waals surface area contributed by atoms with Crippen LogP contribution >= 0.6 is 11.3 Å². The first-order valence-electron chi connectivity index (χ1n) is 3.04. The zero-order valence-electron chi connectivity index (χ0n) is 5.38. The third-order valence-electron chi connectivity index (χ3n) is 1.56. The quantitative estimate of drug-likeness (QED) is 0.576. The average molecular weight is 155 g/mol. The van der Waals surface area contributed by atoms with Crippen molar-refractivity contribution in [3.8, 4) is 0 Å². The van der Waals surface area contributed by atoms with Crippen molar-refractivity contribution in [2.45, 2.75) is 13.5 Å². The lowest BCUT2D eigenvalue weighted by atomic mass is 10.7. The highest BCUT2D eigenvalue weighted by atomic mass is 32.1. The molecule has 0 fully saturated rings. The van der Waals surface area contributed by atoms with Crippen molar-refractivity contribution in [1.82, 2.24) is 4.57 Å². The Balaban J connectivity index is 2.99. The van der Waals surface area contributed by atoms with Gasteiger partial charge in [0, 0.05) is 6.54 Å². The van der Waals surface area contributed by atoms with Gasteiger partial charge in [-0.15, -0.1) is 11.3 Å². The molecule has 4 heteroatoms. The fourth-order valence-electron chi connectivity index (χ4n) is 0.983. The van der Waals surface area contributed by atoms with Crippen LogP contribution in [0.4, 0.5) is 0 Å². The molecule has 0 aliphatic carbocycles. The summed E-state index contributed by atoms with van der Waals surface area (Å²) in [6.45, 7) is 2.29. The molecule has 0 amide bonds. The number of aromatic nitrogens is 1. The van der Waals surface area contributed by atoms with Crippen LogP contribution in [0.25, 0.3) is 0 Å². The highest BCUT2D eigenvalue weighted by Crippen LogP contribution is 2.07. The molecule has 0 bridgehead atoms. The smallest absolute Gasteiger partial charge is 0.272 e. The molecule has 0 saturated heterocycles. The molecule has 0 aromatic heterocycles. The summed E-state index contributed by atoms with van der Waals surface area (Å²) in [5.74, 6) is 0. The molecule has 2 rings (SSSR count). The maximum absolute atomic E-state index is 11.0. The van der Waals surface area contributed by atoms with Gasteiger partial charge in [-0.05, 0) is 6.92 Å². The van der Waals surface area contributed by atoms with Gasteiger partial charge < -0.3 is 0 Å². The second-order valence-electron chi connectivity index (χ2n) is 2.11. The van der Waals surface area contributed by atoms with Crippen molar-refractivity contribution in [1.29, 1.82) is 0 Å². The molecule has 3 nitrogen and oxygen atoms in total. The van der Waals surface area contributed by atoms with Crippen LogP contribution in [0.3, 0.4) is 0 Å². The Labute approximate surface area is 59.9 Å².